The Hall–Kier alpha value is -0.0800. The standard InChI is InChI=1S/C6H14NO/c1-4-7-6(3)8-5-2/h6H,4-5H2,1-3H3. The normalized spacial score (nSPS) is 13.9. The molecule has 0 fully saturated rings. The molecule has 49 valence electrons. The number of rotatable bonds is 4. The van der Waals surface area contributed by atoms with Gasteiger partial charge in [-0.2, -0.15) is 0 Å². The molecule has 0 aromatic heterocycles. The van der Waals surface area contributed by atoms with Crippen LogP contribution in [0.1, 0.15) is 20.8 Å². The van der Waals surface area contributed by atoms with Crippen molar-refractivity contribution < 1.29 is 4.74 Å². The van der Waals surface area contributed by atoms with Gasteiger partial charge in [0.05, 0.1) is 0 Å². The minimum Gasteiger partial charge on any atom is -0.362 e. The molecule has 0 bridgehead atoms. The van der Waals surface area contributed by atoms with Crippen molar-refractivity contribution >= 4 is 0 Å². The van der Waals surface area contributed by atoms with Crippen molar-refractivity contribution in [1.82, 2.24) is 5.32 Å². The van der Waals surface area contributed by atoms with E-state index in [-0.39, 0.29) is 6.23 Å². The lowest BCUT2D eigenvalue weighted by Gasteiger charge is -2.08. The van der Waals surface area contributed by atoms with Gasteiger partial charge in [-0.1, -0.05) is 6.92 Å². The lowest BCUT2D eigenvalue weighted by atomic mass is 10.6. The van der Waals surface area contributed by atoms with E-state index in [9.17, 15) is 0 Å². The highest BCUT2D eigenvalue weighted by molar-refractivity contribution is 4.40. The minimum atomic E-state index is 0.0880. The average molecular weight is 116 g/mol. The molecule has 0 aliphatic heterocycles. The first kappa shape index (κ1) is 7.92. The zero-order valence-corrected chi connectivity index (χ0v) is 5.85. The first-order valence-electron chi connectivity index (χ1n) is 3.09. The monoisotopic (exact) mass is 116 g/mol. The van der Waals surface area contributed by atoms with Gasteiger partial charge in [0.1, 0.15) is 6.23 Å². The smallest absolute Gasteiger partial charge is 0.120 e. The molecule has 1 unspecified atom stereocenters. The maximum Gasteiger partial charge on any atom is 0.120 e. The Morgan fingerprint density at radius 1 is 1.50 bits per heavy atom. The Labute approximate surface area is 51.2 Å². The Kier molecular flexibility index (Phi) is 5.01. The van der Waals surface area contributed by atoms with E-state index in [4.69, 9.17) is 4.74 Å². The fraction of sp³-hybridized carbons (Fsp3) is 1.00. The fourth-order valence-electron chi connectivity index (χ4n) is 0.551. The SMILES string of the molecule is CC[N]C(C)OCC. The van der Waals surface area contributed by atoms with Crippen molar-refractivity contribution in [3.05, 3.63) is 0 Å². The molecule has 1 atom stereocenters. The van der Waals surface area contributed by atoms with E-state index in [1.807, 2.05) is 20.8 Å². The molecular formula is C6H14NO. The molecule has 1 radical (unpaired) electrons. The second-order valence-electron chi connectivity index (χ2n) is 1.55. The summed E-state index contributed by atoms with van der Waals surface area (Å²) >= 11 is 0. The third kappa shape index (κ3) is 4.09. The van der Waals surface area contributed by atoms with Crippen molar-refractivity contribution in [3.63, 3.8) is 0 Å². The van der Waals surface area contributed by atoms with Crippen molar-refractivity contribution in [3.8, 4) is 0 Å². The molecule has 0 spiro atoms. The van der Waals surface area contributed by atoms with Crippen molar-refractivity contribution in [2.45, 2.75) is 27.0 Å². The lowest BCUT2D eigenvalue weighted by Crippen LogP contribution is -2.21. The topological polar surface area (TPSA) is 23.3 Å². The number of nitrogens with zero attached hydrogens (tertiary/aromatic N) is 1. The summed E-state index contributed by atoms with van der Waals surface area (Å²) in [5.41, 5.74) is 0. The molecule has 0 saturated heterocycles. The predicted molar refractivity (Wildman–Crippen MR) is 33.8 cm³/mol. The zero-order chi connectivity index (χ0) is 6.41. The van der Waals surface area contributed by atoms with E-state index in [1.165, 1.54) is 0 Å². The summed E-state index contributed by atoms with van der Waals surface area (Å²) in [5.74, 6) is 0. The van der Waals surface area contributed by atoms with Gasteiger partial charge in [-0.05, 0) is 13.8 Å². The maximum absolute atomic E-state index is 5.12. The highest BCUT2D eigenvalue weighted by Gasteiger charge is 1.95. The van der Waals surface area contributed by atoms with Gasteiger partial charge in [-0.25, -0.2) is 5.32 Å². The molecule has 2 heteroatoms. The summed E-state index contributed by atoms with van der Waals surface area (Å²) in [6.07, 6.45) is 0.0880. The van der Waals surface area contributed by atoms with E-state index in [2.05, 4.69) is 5.32 Å². The van der Waals surface area contributed by atoms with Crippen molar-refractivity contribution in [2.24, 2.45) is 0 Å². The number of ether oxygens (including phenoxy) is 1. The summed E-state index contributed by atoms with van der Waals surface area (Å²) in [6, 6.07) is 0. The molecule has 8 heavy (non-hydrogen) atoms. The van der Waals surface area contributed by atoms with Gasteiger partial charge >= 0.3 is 0 Å². The van der Waals surface area contributed by atoms with Crippen LogP contribution in [0.3, 0.4) is 0 Å². The fourth-order valence-corrected chi connectivity index (χ4v) is 0.551. The van der Waals surface area contributed by atoms with Crippen LogP contribution in [0.15, 0.2) is 0 Å². The van der Waals surface area contributed by atoms with Gasteiger partial charge in [0, 0.05) is 13.2 Å². The molecule has 0 aliphatic carbocycles. The van der Waals surface area contributed by atoms with E-state index in [0.29, 0.717) is 0 Å². The molecule has 0 aromatic rings. The Bertz CT molecular complexity index is 41.8. The third-order valence-electron chi connectivity index (χ3n) is 0.848. The Morgan fingerprint density at radius 3 is 2.50 bits per heavy atom. The highest BCUT2D eigenvalue weighted by atomic mass is 16.5. The zero-order valence-electron chi connectivity index (χ0n) is 5.85. The van der Waals surface area contributed by atoms with Crippen molar-refractivity contribution in [2.75, 3.05) is 13.2 Å². The Morgan fingerprint density at radius 2 is 2.12 bits per heavy atom. The molecule has 0 N–H and O–H groups in total. The molecule has 0 aromatic carbocycles. The molecule has 0 rings (SSSR count). The van der Waals surface area contributed by atoms with Gasteiger partial charge in [0.2, 0.25) is 0 Å². The molecule has 0 saturated carbocycles. The van der Waals surface area contributed by atoms with Crippen molar-refractivity contribution in [1.29, 1.82) is 0 Å². The quantitative estimate of drug-likeness (QED) is 0.537. The largest absolute Gasteiger partial charge is 0.362 e. The number of hydrogen-bond donors (Lipinski definition) is 0. The lowest BCUT2D eigenvalue weighted by molar-refractivity contribution is 0.0506. The van der Waals surface area contributed by atoms with Gasteiger partial charge < -0.3 is 4.74 Å². The summed E-state index contributed by atoms with van der Waals surface area (Å²) in [4.78, 5) is 0. The van der Waals surface area contributed by atoms with Gasteiger partial charge in [0.15, 0.2) is 0 Å². The summed E-state index contributed by atoms with van der Waals surface area (Å²) in [6.45, 7) is 7.54. The maximum atomic E-state index is 5.12. The first-order valence-corrected chi connectivity index (χ1v) is 3.09. The average Bonchev–Trinajstić information content (AvgIpc) is 1.68. The van der Waals surface area contributed by atoms with Crippen LogP contribution in [-0.4, -0.2) is 19.4 Å². The van der Waals surface area contributed by atoms with E-state index in [1.54, 1.807) is 0 Å². The van der Waals surface area contributed by atoms with Gasteiger partial charge in [-0.15, -0.1) is 0 Å². The van der Waals surface area contributed by atoms with Gasteiger partial charge in [0.25, 0.3) is 0 Å². The van der Waals surface area contributed by atoms with E-state index >= 15 is 0 Å². The molecular weight excluding hydrogens is 102 g/mol. The van der Waals surface area contributed by atoms with Crippen LogP contribution in [0.4, 0.5) is 0 Å². The van der Waals surface area contributed by atoms with Crippen LogP contribution in [-0.2, 0) is 4.74 Å². The van der Waals surface area contributed by atoms with Crippen LogP contribution in [0.25, 0.3) is 0 Å². The third-order valence-corrected chi connectivity index (χ3v) is 0.848. The van der Waals surface area contributed by atoms with Crippen LogP contribution in [0.2, 0.25) is 0 Å². The number of hydrogen-bond acceptors (Lipinski definition) is 1. The van der Waals surface area contributed by atoms with Gasteiger partial charge in [-0.3, -0.25) is 0 Å². The predicted octanol–water partition coefficient (Wildman–Crippen LogP) is 0.993. The second-order valence-corrected chi connectivity index (χ2v) is 1.55. The second kappa shape index (κ2) is 5.06. The molecule has 2 nitrogen and oxygen atoms in total. The van der Waals surface area contributed by atoms with Crippen LogP contribution >= 0.6 is 0 Å². The highest BCUT2D eigenvalue weighted by Crippen LogP contribution is 1.84. The van der Waals surface area contributed by atoms with Crippen LogP contribution in [0, 0.1) is 0 Å². The Balaban J connectivity index is 2.92. The van der Waals surface area contributed by atoms with E-state index < -0.39 is 0 Å². The minimum absolute atomic E-state index is 0.0880. The summed E-state index contributed by atoms with van der Waals surface area (Å²) in [7, 11) is 0. The van der Waals surface area contributed by atoms with Crippen LogP contribution < -0.4 is 5.32 Å². The molecule has 0 amide bonds. The molecule has 0 aliphatic rings. The summed E-state index contributed by atoms with van der Waals surface area (Å²) < 4.78 is 5.12. The first-order chi connectivity index (χ1) is 3.81. The molecule has 0 heterocycles. The summed E-state index contributed by atoms with van der Waals surface area (Å²) in [5, 5.41) is 4.09. The van der Waals surface area contributed by atoms with Crippen LogP contribution in [0.5, 0.6) is 0 Å². The van der Waals surface area contributed by atoms with E-state index in [0.717, 1.165) is 13.2 Å².